The number of rotatable bonds is 4. The smallest absolute Gasteiger partial charge is 0.193 e. The zero-order valence-electron chi connectivity index (χ0n) is 13.1. The number of nitrogens with zero attached hydrogens (tertiary/aromatic N) is 4. The van der Waals surface area contributed by atoms with Crippen LogP contribution in [0.1, 0.15) is 19.5 Å². The summed E-state index contributed by atoms with van der Waals surface area (Å²) in [5.41, 5.74) is 1.00. The molecule has 0 amide bonds. The van der Waals surface area contributed by atoms with Crippen LogP contribution >= 0.6 is 24.0 Å². The number of guanidine groups is 1. The molecule has 2 rings (SSSR count). The summed E-state index contributed by atoms with van der Waals surface area (Å²) in [5.74, 6) is 1.64. The van der Waals surface area contributed by atoms with Crippen LogP contribution in [0.3, 0.4) is 0 Å². The average Bonchev–Trinajstić information content (AvgIpc) is 2.94. The summed E-state index contributed by atoms with van der Waals surface area (Å²) >= 11 is 0. The molecule has 120 valence electrons. The molecule has 0 bridgehead atoms. The molecule has 0 spiro atoms. The van der Waals surface area contributed by atoms with Crippen molar-refractivity contribution >= 4 is 29.9 Å². The topological polar surface area (TPSA) is 56.9 Å². The summed E-state index contributed by atoms with van der Waals surface area (Å²) in [6.45, 7) is 10.3. The molecule has 0 atom stereocenters. The SMILES string of the molecule is CN=C(NCC(C)C)N1CCN(Cc2ccon2)CC1.I. The summed E-state index contributed by atoms with van der Waals surface area (Å²) in [7, 11) is 1.85. The van der Waals surface area contributed by atoms with Gasteiger partial charge < -0.3 is 14.7 Å². The molecule has 0 radical (unpaired) electrons. The molecule has 1 aliphatic heterocycles. The Morgan fingerprint density at radius 1 is 1.38 bits per heavy atom. The van der Waals surface area contributed by atoms with Crippen molar-refractivity contribution in [2.24, 2.45) is 10.9 Å². The molecular weight excluding hydrogens is 381 g/mol. The van der Waals surface area contributed by atoms with Gasteiger partial charge in [0.15, 0.2) is 5.96 Å². The normalized spacial score (nSPS) is 17.0. The molecule has 7 heteroatoms. The minimum absolute atomic E-state index is 0. The highest BCUT2D eigenvalue weighted by molar-refractivity contribution is 14.0. The number of nitrogens with one attached hydrogen (secondary N) is 1. The van der Waals surface area contributed by atoms with Crippen molar-refractivity contribution in [1.29, 1.82) is 0 Å². The molecule has 1 saturated heterocycles. The van der Waals surface area contributed by atoms with Crippen LogP contribution < -0.4 is 5.32 Å². The van der Waals surface area contributed by atoms with E-state index in [1.807, 2.05) is 13.1 Å². The van der Waals surface area contributed by atoms with Gasteiger partial charge in [0.05, 0.1) is 5.69 Å². The second-order valence-electron chi connectivity index (χ2n) is 5.58. The van der Waals surface area contributed by atoms with Crippen LogP contribution in [-0.4, -0.2) is 60.7 Å². The second-order valence-corrected chi connectivity index (χ2v) is 5.58. The van der Waals surface area contributed by atoms with Crippen molar-refractivity contribution in [3.05, 3.63) is 18.0 Å². The maximum absolute atomic E-state index is 4.87. The van der Waals surface area contributed by atoms with E-state index in [-0.39, 0.29) is 24.0 Å². The summed E-state index contributed by atoms with van der Waals surface area (Å²) in [4.78, 5) is 9.08. The Morgan fingerprint density at radius 2 is 2.10 bits per heavy atom. The van der Waals surface area contributed by atoms with Crippen LogP contribution in [0.4, 0.5) is 0 Å². The Kier molecular flexibility index (Phi) is 8.02. The number of hydrogen-bond donors (Lipinski definition) is 1. The van der Waals surface area contributed by atoms with Crippen LogP contribution in [0, 0.1) is 5.92 Å². The monoisotopic (exact) mass is 407 g/mol. The van der Waals surface area contributed by atoms with Gasteiger partial charge in [-0.1, -0.05) is 19.0 Å². The number of aliphatic imine (C=N–C) groups is 1. The van der Waals surface area contributed by atoms with Gasteiger partial charge in [0.2, 0.25) is 0 Å². The molecule has 0 aliphatic carbocycles. The third-order valence-electron chi connectivity index (χ3n) is 3.43. The lowest BCUT2D eigenvalue weighted by Crippen LogP contribution is -2.52. The molecule has 21 heavy (non-hydrogen) atoms. The van der Waals surface area contributed by atoms with Gasteiger partial charge in [0.25, 0.3) is 0 Å². The van der Waals surface area contributed by atoms with Crippen LogP contribution in [0.25, 0.3) is 0 Å². The quantitative estimate of drug-likeness (QED) is 0.467. The van der Waals surface area contributed by atoms with E-state index >= 15 is 0 Å². The van der Waals surface area contributed by atoms with Gasteiger partial charge in [-0.2, -0.15) is 0 Å². The molecule has 6 nitrogen and oxygen atoms in total. The maximum Gasteiger partial charge on any atom is 0.193 e. The first kappa shape index (κ1) is 18.2. The summed E-state index contributed by atoms with van der Waals surface area (Å²) in [5, 5.41) is 7.39. The molecule has 0 saturated carbocycles. The van der Waals surface area contributed by atoms with E-state index in [0.29, 0.717) is 5.92 Å². The van der Waals surface area contributed by atoms with Gasteiger partial charge in [-0.3, -0.25) is 9.89 Å². The lowest BCUT2D eigenvalue weighted by Gasteiger charge is -2.36. The minimum Gasteiger partial charge on any atom is -0.364 e. The van der Waals surface area contributed by atoms with E-state index in [9.17, 15) is 0 Å². The summed E-state index contributed by atoms with van der Waals surface area (Å²) in [6.07, 6.45) is 1.63. The molecule has 1 aliphatic rings. The Hall–Kier alpha value is -0.830. The predicted molar refractivity (Wildman–Crippen MR) is 95.0 cm³/mol. The van der Waals surface area contributed by atoms with Crippen molar-refractivity contribution in [2.45, 2.75) is 20.4 Å². The lowest BCUT2D eigenvalue weighted by atomic mass is 10.2. The lowest BCUT2D eigenvalue weighted by molar-refractivity contribution is 0.169. The standard InChI is InChI=1S/C14H25N5O.HI/c1-12(2)10-16-14(15-3)19-7-5-18(6-8-19)11-13-4-9-20-17-13;/h4,9,12H,5-8,10-11H2,1-3H3,(H,15,16);1H. The van der Waals surface area contributed by atoms with Crippen LogP contribution in [0.5, 0.6) is 0 Å². The molecule has 1 N–H and O–H groups in total. The Bertz CT molecular complexity index is 413. The van der Waals surface area contributed by atoms with E-state index in [1.165, 1.54) is 0 Å². The number of piperazine rings is 1. The number of aromatic nitrogens is 1. The Morgan fingerprint density at radius 3 is 2.62 bits per heavy atom. The van der Waals surface area contributed by atoms with Gasteiger partial charge in [-0.15, -0.1) is 24.0 Å². The van der Waals surface area contributed by atoms with Crippen molar-refractivity contribution in [3.63, 3.8) is 0 Å². The van der Waals surface area contributed by atoms with Crippen molar-refractivity contribution in [1.82, 2.24) is 20.3 Å². The summed E-state index contributed by atoms with van der Waals surface area (Å²) in [6, 6.07) is 1.93. The van der Waals surface area contributed by atoms with E-state index < -0.39 is 0 Å². The molecular formula is C14H26IN5O. The number of halogens is 1. The van der Waals surface area contributed by atoms with Crippen LogP contribution in [-0.2, 0) is 6.54 Å². The maximum atomic E-state index is 4.87. The molecule has 1 aromatic heterocycles. The van der Waals surface area contributed by atoms with Crippen LogP contribution in [0.2, 0.25) is 0 Å². The zero-order valence-corrected chi connectivity index (χ0v) is 15.4. The van der Waals surface area contributed by atoms with Gasteiger partial charge in [0.1, 0.15) is 6.26 Å². The second kappa shape index (κ2) is 9.24. The third-order valence-corrected chi connectivity index (χ3v) is 3.43. The fraction of sp³-hybridized carbons (Fsp3) is 0.714. The fourth-order valence-corrected chi connectivity index (χ4v) is 2.29. The molecule has 2 heterocycles. The summed E-state index contributed by atoms with van der Waals surface area (Å²) < 4.78 is 4.87. The van der Waals surface area contributed by atoms with Gasteiger partial charge in [0, 0.05) is 52.4 Å². The van der Waals surface area contributed by atoms with Gasteiger partial charge in [-0.25, -0.2) is 0 Å². The molecule has 0 unspecified atom stereocenters. The Balaban J connectivity index is 0.00000220. The van der Waals surface area contributed by atoms with E-state index in [1.54, 1.807) is 6.26 Å². The third kappa shape index (κ3) is 5.82. The largest absolute Gasteiger partial charge is 0.364 e. The molecule has 1 fully saturated rings. The van der Waals surface area contributed by atoms with Crippen molar-refractivity contribution in [3.8, 4) is 0 Å². The first-order valence-electron chi connectivity index (χ1n) is 7.26. The molecule has 1 aromatic rings. The van der Waals surface area contributed by atoms with E-state index in [4.69, 9.17) is 4.52 Å². The molecule has 0 aromatic carbocycles. The zero-order chi connectivity index (χ0) is 14.4. The first-order chi connectivity index (χ1) is 9.69. The highest BCUT2D eigenvalue weighted by Crippen LogP contribution is 2.07. The highest BCUT2D eigenvalue weighted by Gasteiger charge is 2.20. The highest BCUT2D eigenvalue weighted by atomic mass is 127. The van der Waals surface area contributed by atoms with Crippen molar-refractivity contribution < 1.29 is 4.52 Å². The predicted octanol–water partition coefficient (Wildman–Crippen LogP) is 1.64. The van der Waals surface area contributed by atoms with E-state index in [0.717, 1.165) is 50.9 Å². The Labute approximate surface area is 144 Å². The minimum atomic E-state index is 0. The van der Waals surface area contributed by atoms with Crippen molar-refractivity contribution in [2.75, 3.05) is 39.8 Å². The fourth-order valence-electron chi connectivity index (χ4n) is 2.29. The van der Waals surface area contributed by atoms with Crippen LogP contribution in [0.15, 0.2) is 21.8 Å². The van der Waals surface area contributed by atoms with Gasteiger partial charge >= 0.3 is 0 Å². The van der Waals surface area contributed by atoms with E-state index in [2.05, 4.69) is 39.1 Å². The number of hydrogen-bond acceptors (Lipinski definition) is 4. The van der Waals surface area contributed by atoms with Gasteiger partial charge in [-0.05, 0) is 5.92 Å². The average molecular weight is 407 g/mol. The first-order valence-corrected chi connectivity index (χ1v) is 7.26.